The lowest BCUT2D eigenvalue weighted by atomic mass is 9.97. The van der Waals surface area contributed by atoms with Crippen molar-refractivity contribution >= 4 is 17.2 Å². The number of nitrogens with two attached hydrogens (primary N) is 1. The Kier molecular flexibility index (Phi) is 5.47. The topological polar surface area (TPSA) is 26.0 Å². The van der Waals surface area contributed by atoms with E-state index in [0.717, 1.165) is 12.8 Å². The summed E-state index contributed by atoms with van der Waals surface area (Å²) in [6, 6.07) is 8.90. The SMILES string of the molecule is CCCc1ccc(CC(C)CC(N)=S)cc1. The van der Waals surface area contributed by atoms with Crippen molar-refractivity contribution in [2.45, 2.75) is 39.5 Å². The van der Waals surface area contributed by atoms with E-state index >= 15 is 0 Å². The molecule has 0 aliphatic rings. The first-order valence-electron chi connectivity index (χ1n) is 5.98. The minimum atomic E-state index is 0.537. The molecule has 1 atom stereocenters. The number of hydrogen-bond donors (Lipinski definition) is 1. The highest BCUT2D eigenvalue weighted by Crippen LogP contribution is 2.13. The lowest BCUT2D eigenvalue weighted by Crippen LogP contribution is -2.13. The van der Waals surface area contributed by atoms with Crippen molar-refractivity contribution < 1.29 is 0 Å². The molecule has 2 N–H and O–H groups in total. The van der Waals surface area contributed by atoms with Gasteiger partial charge in [-0.05, 0) is 29.9 Å². The highest BCUT2D eigenvalue weighted by Gasteiger charge is 2.05. The van der Waals surface area contributed by atoms with Crippen molar-refractivity contribution in [2.75, 3.05) is 0 Å². The third kappa shape index (κ3) is 4.75. The number of rotatable bonds is 6. The standard InChI is InChI=1S/C14H21NS/c1-3-4-12-5-7-13(8-6-12)9-11(2)10-14(15)16/h5-8,11H,3-4,9-10H2,1-2H3,(H2,15,16). The van der Waals surface area contributed by atoms with Crippen LogP contribution in [0.1, 0.15) is 37.8 Å². The molecular formula is C14H21NS. The molecule has 88 valence electrons. The van der Waals surface area contributed by atoms with Gasteiger partial charge in [0.15, 0.2) is 0 Å². The van der Waals surface area contributed by atoms with Crippen molar-refractivity contribution in [3.8, 4) is 0 Å². The van der Waals surface area contributed by atoms with Crippen molar-refractivity contribution in [3.05, 3.63) is 35.4 Å². The normalized spacial score (nSPS) is 12.4. The van der Waals surface area contributed by atoms with E-state index in [1.807, 2.05) is 0 Å². The average Bonchev–Trinajstić information content (AvgIpc) is 2.20. The first-order chi connectivity index (χ1) is 7.61. The van der Waals surface area contributed by atoms with Crippen LogP contribution in [-0.4, -0.2) is 4.99 Å². The maximum Gasteiger partial charge on any atom is 0.0730 e. The number of aryl methyl sites for hydroxylation is 1. The van der Waals surface area contributed by atoms with Gasteiger partial charge >= 0.3 is 0 Å². The third-order valence-electron chi connectivity index (χ3n) is 2.70. The highest BCUT2D eigenvalue weighted by molar-refractivity contribution is 7.80. The van der Waals surface area contributed by atoms with Crippen LogP contribution < -0.4 is 5.73 Å². The summed E-state index contributed by atoms with van der Waals surface area (Å²) in [6.45, 7) is 4.40. The van der Waals surface area contributed by atoms with Crippen LogP contribution in [0.4, 0.5) is 0 Å². The Hall–Kier alpha value is -0.890. The van der Waals surface area contributed by atoms with Crippen LogP contribution >= 0.6 is 12.2 Å². The molecule has 0 heterocycles. The van der Waals surface area contributed by atoms with Crippen LogP contribution in [-0.2, 0) is 12.8 Å². The van der Waals surface area contributed by atoms with Gasteiger partial charge in [0.05, 0.1) is 4.99 Å². The van der Waals surface area contributed by atoms with Gasteiger partial charge in [-0.1, -0.05) is 56.8 Å². The highest BCUT2D eigenvalue weighted by atomic mass is 32.1. The van der Waals surface area contributed by atoms with E-state index < -0.39 is 0 Å². The molecule has 0 aliphatic carbocycles. The monoisotopic (exact) mass is 235 g/mol. The number of hydrogen-bond acceptors (Lipinski definition) is 1. The fourth-order valence-corrected chi connectivity index (χ4v) is 2.23. The van der Waals surface area contributed by atoms with Gasteiger partial charge in [0.25, 0.3) is 0 Å². The summed E-state index contributed by atoms with van der Waals surface area (Å²) in [5, 5.41) is 0. The molecule has 1 aromatic rings. The quantitative estimate of drug-likeness (QED) is 0.764. The fourth-order valence-electron chi connectivity index (χ4n) is 1.95. The second-order valence-corrected chi connectivity index (χ2v) is 5.07. The molecular weight excluding hydrogens is 214 g/mol. The van der Waals surface area contributed by atoms with Gasteiger partial charge in [0.1, 0.15) is 0 Å². The van der Waals surface area contributed by atoms with Crippen molar-refractivity contribution in [1.29, 1.82) is 0 Å². The lowest BCUT2D eigenvalue weighted by molar-refractivity contribution is 0.607. The van der Waals surface area contributed by atoms with Gasteiger partial charge in [0.2, 0.25) is 0 Å². The van der Waals surface area contributed by atoms with E-state index in [9.17, 15) is 0 Å². The predicted molar refractivity (Wildman–Crippen MR) is 74.7 cm³/mol. The summed E-state index contributed by atoms with van der Waals surface area (Å²) in [4.78, 5) is 0.620. The second-order valence-electron chi connectivity index (χ2n) is 4.55. The van der Waals surface area contributed by atoms with Crippen LogP contribution in [0.3, 0.4) is 0 Å². The largest absolute Gasteiger partial charge is 0.393 e. The molecule has 0 radical (unpaired) electrons. The molecule has 0 spiro atoms. The van der Waals surface area contributed by atoms with E-state index in [1.54, 1.807) is 0 Å². The summed E-state index contributed by atoms with van der Waals surface area (Å²) in [5.41, 5.74) is 8.34. The average molecular weight is 235 g/mol. The molecule has 0 saturated heterocycles. The van der Waals surface area contributed by atoms with E-state index in [0.29, 0.717) is 10.9 Å². The Balaban J connectivity index is 2.51. The summed E-state index contributed by atoms with van der Waals surface area (Å²) < 4.78 is 0. The van der Waals surface area contributed by atoms with E-state index in [-0.39, 0.29) is 0 Å². The lowest BCUT2D eigenvalue weighted by Gasteiger charge is -2.10. The summed E-state index contributed by atoms with van der Waals surface area (Å²) >= 11 is 4.92. The second kappa shape index (κ2) is 6.64. The zero-order valence-electron chi connectivity index (χ0n) is 10.2. The molecule has 1 aromatic carbocycles. The molecule has 1 unspecified atom stereocenters. The van der Waals surface area contributed by atoms with Gasteiger partial charge in [-0.25, -0.2) is 0 Å². The van der Waals surface area contributed by atoms with Crippen molar-refractivity contribution in [3.63, 3.8) is 0 Å². The predicted octanol–water partition coefficient (Wildman–Crippen LogP) is 3.49. The first kappa shape index (κ1) is 13.2. The van der Waals surface area contributed by atoms with Gasteiger partial charge < -0.3 is 5.73 Å². The van der Waals surface area contributed by atoms with E-state index in [4.69, 9.17) is 18.0 Å². The summed E-state index contributed by atoms with van der Waals surface area (Å²) in [6.07, 6.45) is 4.27. The van der Waals surface area contributed by atoms with Crippen LogP contribution in [0.2, 0.25) is 0 Å². The smallest absolute Gasteiger partial charge is 0.0730 e. The van der Waals surface area contributed by atoms with E-state index in [2.05, 4.69) is 38.1 Å². The Morgan fingerprint density at radius 1 is 1.25 bits per heavy atom. The minimum Gasteiger partial charge on any atom is -0.393 e. The van der Waals surface area contributed by atoms with Crippen molar-refractivity contribution in [1.82, 2.24) is 0 Å². The Bertz CT molecular complexity index is 329. The molecule has 0 bridgehead atoms. The summed E-state index contributed by atoms with van der Waals surface area (Å²) in [7, 11) is 0. The first-order valence-corrected chi connectivity index (χ1v) is 6.38. The number of benzene rings is 1. The molecule has 0 aliphatic heterocycles. The molecule has 16 heavy (non-hydrogen) atoms. The fraction of sp³-hybridized carbons (Fsp3) is 0.500. The van der Waals surface area contributed by atoms with Gasteiger partial charge in [-0.15, -0.1) is 0 Å². The third-order valence-corrected chi connectivity index (χ3v) is 2.86. The van der Waals surface area contributed by atoms with Crippen LogP contribution in [0.25, 0.3) is 0 Å². The Morgan fingerprint density at radius 3 is 2.31 bits per heavy atom. The van der Waals surface area contributed by atoms with Crippen LogP contribution in [0.5, 0.6) is 0 Å². The molecule has 0 saturated carbocycles. The van der Waals surface area contributed by atoms with Crippen molar-refractivity contribution in [2.24, 2.45) is 11.7 Å². The maximum atomic E-state index is 5.54. The maximum absolute atomic E-state index is 5.54. The van der Waals surface area contributed by atoms with Gasteiger partial charge in [-0.3, -0.25) is 0 Å². The molecule has 2 heteroatoms. The summed E-state index contributed by atoms with van der Waals surface area (Å²) in [5.74, 6) is 0.537. The number of thiocarbonyl (C=S) groups is 1. The van der Waals surface area contributed by atoms with Crippen LogP contribution in [0.15, 0.2) is 24.3 Å². The molecule has 0 fully saturated rings. The molecule has 0 aromatic heterocycles. The zero-order chi connectivity index (χ0) is 12.0. The minimum absolute atomic E-state index is 0.537. The Morgan fingerprint density at radius 2 is 1.81 bits per heavy atom. The van der Waals surface area contributed by atoms with Gasteiger partial charge in [-0.2, -0.15) is 0 Å². The molecule has 0 amide bonds. The molecule has 1 rings (SSSR count). The zero-order valence-corrected chi connectivity index (χ0v) is 11.0. The Labute approximate surface area is 104 Å². The van der Waals surface area contributed by atoms with E-state index in [1.165, 1.54) is 24.0 Å². The molecule has 1 nitrogen and oxygen atoms in total. The van der Waals surface area contributed by atoms with Gasteiger partial charge in [0, 0.05) is 6.42 Å². The van der Waals surface area contributed by atoms with Crippen LogP contribution in [0, 0.1) is 5.92 Å².